The summed E-state index contributed by atoms with van der Waals surface area (Å²) in [6, 6.07) is 15.6. The zero-order chi connectivity index (χ0) is 18.4. The highest BCUT2D eigenvalue weighted by molar-refractivity contribution is 5.65. The van der Waals surface area contributed by atoms with Crippen molar-refractivity contribution in [1.82, 2.24) is 9.97 Å². The quantitative estimate of drug-likeness (QED) is 0.667. The van der Waals surface area contributed by atoms with Gasteiger partial charge in [0.05, 0.1) is 19.9 Å². The van der Waals surface area contributed by atoms with Crippen molar-refractivity contribution in [3.05, 3.63) is 65.9 Å². The van der Waals surface area contributed by atoms with Crippen LogP contribution in [-0.2, 0) is 6.54 Å². The fraction of sp³-hybridized carbons (Fsp3) is 0.200. The van der Waals surface area contributed by atoms with Crippen LogP contribution in [0.25, 0.3) is 0 Å². The molecule has 2 N–H and O–H groups in total. The van der Waals surface area contributed by atoms with E-state index in [1.54, 1.807) is 20.4 Å². The molecular formula is C20H22N4O2. The highest BCUT2D eigenvalue weighted by Crippen LogP contribution is 2.28. The van der Waals surface area contributed by atoms with Gasteiger partial charge < -0.3 is 20.1 Å². The average molecular weight is 350 g/mol. The second-order valence-electron chi connectivity index (χ2n) is 5.80. The van der Waals surface area contributed by atoms with E-state index in [2.05, 4.69) is 20.6 Å². The molecule has 1 aromatic heterocycles. The van der Waals surface area contributed by atoms with E-state index in [9.17, 15) is 0 Å². The molecule has 3 aromatic rings. The van der Waals surface area contributed by atoms with Crippen LogP contribution in [0.3, 0.4) is 0 Å². The van der Waals surface area contributed by atoms with Crippen molar-refractivity contribution in [1.29, 1.82) is 0 Å². The molecule has 3 rings (SSSR count). The van der Waals surface area contributed by atoms with Crippen molar-refractivity contribution < 1.29 is 9.47 Å². The van der Waals surface area contributed by atoms with Crippen LogP contribution < -0.4 is 20.1 Å². The third-order valence-electron chi connectivity index (χ3n) is 3.88. The maximum atomic E-state index is 5.40. The van der Waals surface area contributed by atoms with Crippen LogP contribution in [0.1, 0.15) is 11.1 Å². The number of ether oxygens (including phenoxy) is 2. The predicted octanol–water partition coefficient (Wildman–Crippen LogP) is 4.16. The molecule has 26 heavy (non-hydrogen) atoms. The van der Waals surface area contributed by atoms with E-state index < -0.39 is 0 Å². The molecule has 0 aliphatic heterocycles. The first-order valence-electron chi connectivity index (χ1n) is 8.29. The fourth-order valence-corrected chi connectivity index (χ4v) is 2.50. The number of aromatic nitrogens is 2. The molecular weight excluding hydrogens is 328 g/mol. The van der Waals surface area contributed by atoms with Crippen LogP contribution in [0.15, 0.2) is 54.7 Å². The predicted molar refractivity (Wildman–Crippen MR) is 103 cm³/mol. The zero-order valence-corrected chi connectivity index (χ0v) is 15.1. The molecule has 0 saturated carbocycles. The standard InChI is InChI=1S/C20H22N4O2/c1-14-4-9-18(26-3)17(12-14)23-19-10-11-21-20(24-19)22-13-15-5-7-16(25-2)8-6-15/h4-12H,13H2,1-3H3,(H2,21,22,23,24). The fourth-order valence-electron chi connectivity index (χ4n) is 2.50. The highest BCUT2D eigenvalue weighted by Gasteiger charge is 2.06. The van der Waals surface area contributed by atoms with Gasteiger partial charge in [0.15, 0.2) is 0 Å². The van der Waals surface area contributed by atoms with Crippen molar-refractivity contribution in [3.8, 4) is 11.5 Å². The minimum absolute atomic E-state index is 0.553. The van der Waals surface area contributed by atoms with E-state index in [-0.39, 0.29) is 0 Å². The van der Waals surface area contributed by atoms with Crippen molar-refractivity contribution in [2.75, 3.05) is 24.9 Å². The van der Waals surface area contributed by atoms with Gasteiger partial charge in [0.1, 0.15) is 17.3 Å². The van der Waals surface area contributed by atoms with Gasteiger partial charge in [-0.2, -0.15) is 4.98 Å². The maximum Gasteiger partial charge on any atom is 0.224 e. The minimum atomic E-state index is 0.553. The number of benzene rings is 2. The Kier molecular flexibility index (Phi) is 5.53. The first-order chi connectivity index (χ1) is 12.7. The lowest BCUT2D eigenvalue weighted by molar-refractivity contribution is 0.414. The van der Waals surface area contributed by atoms with E-state index in [1.165, 1.54) is 0 Å². The second kappa shape index (κ2) is 8.20. The largest absolute Gasteiger partial charge is 0.497 e. The van der Waals surface area contributed by atoms with Gasteiger partial charge in [0, 0.05) is 12.7 Å². The third kappa shape index (κ3) is 4.42. The lowest BCUT2D eigenvalue weighted by Crippen LogP contribution is -2.05. The van der Waals surface area contributed by atoms with E-state index in [0.29, 0.717) is 18.3 Å². The molecule has 0 aliphatic rings. The molecule has 2 aromatic carbocycles. The molecule has 6 heteroatoms. The first-order valence-corrected chi connectivity index (χ1v) is 8.29. The molecule has 0 amide bonds. The SMILES string of the molecule is COc1ccc(CNc2nccc(Nc3cc(C)ccc3OC)n2)cc1. The van der Waals surface area contributed by atoms with Gasteiger partial charge in [-0.25, -0.2) is 4.98 Å². The summed E-state index contributed by atoms with van der Waals surface area (Å²) in [6.07, 6.45) is 1.72. The van der Waals surface area contributed by atoms with Crippen LogP contribution in [0.4, 0.5) is 17.5 Å². The summed E-state index contributed by atoms with van der Waals surface area (Å²) in [6.45, 7) is 2.66. The van der Waals surface area contributed by atoms with E-state index in [4.69, 9.17) is 9.47 Å². The Bertz CT molecular complexity index is 866. The number of rotatable bonds is 7. The molecule has 0 aliphatic carbocycles. The second-order valence-corrected chi connectivity index (χ2v) is 5.80. The van der Waals surface area contributed by atoms with E-state index in [1.807, 2.05) is 55.5 Å². The lowest BCUT2D eigenvalue weighted by atomic mass is 10.2. The molecule has 0 atom stereocenters. The number of hydrogen-bond acceptors (Lipinski definition) is 6. The van der Waals surface area contributed by atoms with Gasteiger partial charge in [-0.15, -0.1) is 0 Å². The Morgan fingerprint density at radius 3 is 2.50 bits per heavy atom. The normalized spacial score (nSPS) is 10.3. The van der Waals surface area contributed by atoms with Crippen molar-refractivity contribution in [3.63, 3.8) is 0 Å². The number of methoxy groups -OCH3 is 2. The van der Waals surface area contributed by atoms with Gasteiger partial charge in [-0.05, 0) is 48.4 Å². The number of aryl methyl sites for hydroxylation is 1. The monoisotopic (exact) mass is 350 g/mol. The van der Waals surface area contributed by atoms with Crippen molar-refractivity contribution in [2.24, 2.45) is 0 Å². The Morgan fingerprint density at radius 2 is 1.77 bits per heavy atom. The molecule has 0 radical (unpaired) electrons. The molecule has 0 saturated heterocycles. The van der Waals surface area contributed by atoms with Crippen molar-refractivity contribution in [2.45, 2.75) is 13.5 Å². The minimum Gasteiger partial charge on any atom is -0.497 e. The zero-order valence-electron chi connectivity index (χ0n) is 15.1. The molecule has 6 nitrogen and oxygen atoms in total. The van der Waals surface area contributed by atoms with E-state index in [0.717, 1.165) is 28.3 Å². The Hall–Kier alpha value is -3.28. The summed E-state index contributed by atoms with van der Waals surface area (Å²) in [7, 11) is 3.31. The van der Waals surface area contributed by atoms with Gasteiger partial charge >= 0.3 is 0 Å². The summed E-state index contributed by atoms with van der Waals surface area (Å²) in [5.41, 5.74) is 3.13. The van der Waals surface area contributed by atoms with E-state index >= 15 is 0 Å². The smallest absolute Gasteiger partial charge is 0.224 e. The number of nitrogens with one attached hydrogen (secondary N) is 2. The van der Waals surface area contributed by atoms with Crippen molar-refractivity contribution >= 4 is 17.5 Å². The van der Waals surface area contributed by atoms with Gasteiger partial charge in [0.25, 0.3) is 0 Å². The Labute approximate surface area is 153 Å². The lowest BCUT2D eigenvalue weighted by Gasteiger charge is -2.12. The number of anilines is 3. The Morgan fingerprint density at radius 1 is 0.962 bits per heavy atom. The highest BCUT2D eigenvalue weighted by atomic mass is 16.5. The van der Waals surface area contributed by atoms with Crippen LogP contribution in [0.5, 0.6) is 11.5 Å². The summed E-state index contributed by atoms with van der Waals surface area (Å²) in [4.78, 5) is 8.78. The van der Waals surface area contributed by atoms with Gasteiger partial charge in [-0.3, -0.25) is 0 Å². The molecule has 0 unspecified atom stereocenters. The number of hydrogen-bond donors (Lipinski definition) is 2. The van der Waals surface area contributed by atoms with Crippen LogP contribution in [-0.4, -0.2) is 24.2 Å². The maximum absolute atomic E-state index is 5.40. The summed E-state index contributed by atoms with van der Waals surface area (Å²) >= 11 is 0. The van der Waals surface area contributed by atoms with Crippen LogP contribution >= 0.6 is 0 Å². The average Bonchev–Trinajstić information content (AvgIpc) is 2.67. The summed E-state index contributed by atoms with van der Waals surface area (Å²) in [5, 5.41) is 6.52. The molecule has 134 valence electrons. The Balaban J connectivity index is 1.69. The summed E-state index contributed by atoms with van der Waals surface area (Å²) < 4.78 is 10.6. The number of nitrogens with zero attached hydrogens (tertiary/aromatic N) is 2. The topological polar surface area (TPSA) is 68.3 Å². The molecule has 0 spiro atoms. The summed E-state index contributed by atoms with van der Waals surface area (Å²) in [5.74, 6) is 2.85. The molecule has 1 heterocycles. The van der Waals surface area contributed by atoms with Gasteiger partial charge in [-0.1, -0.05) is 18.2 Å². The van der Waals surface area contributed by atoms with Gasteiger partial charge in [0.2, 0.25) is 5.95 Å². The molecule has 0 fully saturated rings. The first kappa shape index (κ1) is 17.5. The van der Waals surface area contributed by atoms with Crippen LogP contribution in [0, 0.1) is 6.92 Å². The third-order valence-corrected chi connectivity index (χ3v) is 3.88. The van der Waals surface area contributed by atoms with Crippen LogP contribution in [0.2, 0.25) is 0 Å². The molecule has 0 bridgehead atoms.